The number of non-ortho nitro benzene ring substituents is 2. The van der Waals surface area contributed by atoms with E-state index in [1.54, 1.807) is 0 Å². The van der Waals surface area contributed by atoms with Crippen LogP contribution < -0.4 is 5.43 Å². The molecule has 2 aromatic carbocycles. The molecule has 0 aromatic heterocycles. The standard InChI is InChI=1S/C13H9N5O7/c19-13-4-2-9(16(20)21)5-8(13)7-14-15-11-3-1-10(17(22)23)6-12(11)18(24)25/h1-7,15,19H/b14-7+. The van der Waals surface area contributed by atoms with Crippen LogP contribution in [0.4, 0.5) is 22.7 Å². The van der Waals surface area contributed by atoms with E-state index in [0.29, 0.717) is 0 Å². The SMILES string of the molecule is O=[N+]([O-])c1ccc(O)c(/C=N/Nc2ccc([N+](=O)[O-])cc2[N+](=O)[O-])c1. The lowest BCUT2D eigenvalue weighted by Crippen LogP contribution is -1.99. The largest absolute Gasteiger partial charge is 0.507 e. The van der Waals surface area contributed by atoms with Gasteiger partial charge in [0.15, 0.2) is 0 Å². The molecule has 2 aromatic rings. The summed E-state index contributed by atoms with van der Waals surface area (Å²) in [6.07, 6.45) is 1.02. The molecule has 0 aliphatic rings. The highest BCUT2D eigenvalue weighted by Gasteiger charge is 2.19. The minimum Gasteiger partial charge on any atom is -0.507 e. The molecule has 0 unspecified atom stereocenters. The number of hydrogen-bond donors (Lipinski definition) is 2. The van der Waals surface area contributed by atoms with Gasteiger partial charge in [0.2, 0.25) is 0 Å². The molecule has 0 heterocycles. The second-order valence-electron chi connectivity index (χ2n) is 4.59. The van der Waals surface area contributed by atoms with Crippen LogP contribution in [0.15, 0.2) is 41.5 Å². The molecule has 128 valence electrons. The first-order valence-corrected chi connectivity index (χ1v) is 6.49. The Bertz CT molecular complexity index is 896. The third kappa shape index (κ3) is 4.01. The van der Waals surface area contributed by atoms with Crippen molar-refractivity contribution in [3.63, 3.8) is 0 Å². The zero-order valence-electron chi connectivity index (χ0n) is 12.2. The molecule has 0 fully saturated rings. The van der Waals surface area contributed by atoms with Gasteiger partial charge in [0.25, 0.3) is 11.4 Å². The second-order valence-corrected chi connectivity index (χ2v) is 4.59. The Morgan fingerprint density at radius 1 is 0.920 bits per heavy atom. The summed E-state index contributed by atoms with van der Waals surface area (Å²) in [6.45, 7) is 0. The number of hydrazone groups is 1. The maximum Gasteiger partial charge on any atom is 0.301 e. The van der Waals surface area contributed by atoms with Crippen LogP contribution in [-0.2, 0) is 0 Å². The van der Waals surface area contributed by atoms with Gasteiger partial charge in [-0.2, -0.15) is 5.10 Å². The monoisotopic (exact) mass is 347 g/mol. The molecule has 0 atom stereocenters. The molecule has 12 heteroatoms. The maximum absolute atomic E-state index is 11.0. The van der Waals surface area contributed by atoms with Crippen molar-refractivity contribution in [2.75, 3.05) is 5.43 Å². The molecule has 0 spiro atoms. The summed E-state index contributed by atoms with van der Waals surface area (Å²) in [7, 11) is 0. The van der Waals surface area contributed by atoms with E-state index in [1.165, 1.54) is 0 Å². The Morgan fingerprint density at radius 3 is 2.12 bits per heavy atom. The first-order chi connectivity index (χ1) is 11.8. The third-order valence-corrected chi connectivity index (χ3v) is 3.00. The summed E-state index contributed by atoms with van der Waals surface area (Å²) in [4.78, 5) is 30.1. The number of phenolic OH excluding ortho intramolecular Hbond substituents is 1. The number of benzene rings is 2. The van der Waals surface area contributed by atoms with E-state index in [4.69, 9.17) is 0 Å². The van der Waals surface area contributed by atoms with Gasteiger partial charge < -0.3 is 5.11 Å². The molecule has 2 rings (SSSR count). The Labute approximate surface area is 138 Å². The Hall–Kier alpha value is -4.09. The summed E-state index contributed by atoms with van der Waals surface area (Å²) < 4.78 is 0. The molecule has 25 heavy (non-hydrogen) atoms. The molecule has 0 saturated carbocycles. The zero-order chi connectivity index (χ0) is 18.6. The highest BCUT2D eigenvalue weighted by molar-refractivity contribution is 5.85. The van der Waals surface area contributed by atoms with Crippen molar-refractivity contribution in [1.29, 1.82) is 0 Å². The van der Waals surface area contributed by atoms with Gasteiger partial charge in [-0.1, -0.05) is 0 Å². The van der Waals surface area contributed by atoms with Crippen molar-refractivity contribution in [1.82, 2.24) is 0 Å². The number of nitrogens with one attached hydrogen (secondary N) is 1. The van der Waals surface area contributed by atoms with Crippen LogP contribution in [0, 0.1) is 30.3 Å². The second kappa shape index (κ2) is 6.99. The van der Waals surface area contributed by atoms with Gasteiger partial charge in [-0.05, 0) is 12.1 Å². The van der Waals surface area contributed by atoms with Crippen molar-refractivity contribution in [3.05, 3.63) is 72.3 Å². The average molecular weight is 347 g/mol. The molecule has 2 N–H and O–H groups in total. The van der Waals surface area contributed by atoms with E-state index in [9.17, 15) is 35.4 Å². The van der Waals surface area contributed by atoms with Crippen molar-refractivity contribution in [2.24, 2.45) is 5.10 Å². The quantitative estimate of drug-likeness (QED) is 0.455. The molecule has 0 radical (unpaired) electrons. The number of nitro groups is 3. The summed E-state index contributed by atoms with van der Waals surface area (Å²) >= 11 is 0. The lowest BCUT2D eigenvalue weighted by molar-refractivity contribution is -0.393. The minimum atomic E-state index is -0.824. The summed E-state index contributed by atoms with van der Waals surface area (Å²) in [5.41, 5.74) is 0.875. The highest BCUT2D eigenvalue weighted by atomic mass is 16.6. The summed E-state index contributed by atoms with van der Waals surface area (Å²) in [6, 6.07) is 6.18. The fourth-order valence-electron chi connectivity index (χ4n) is 1.81. The molecule has 12 nitrogen and oxygen atoms in total. The predicted octanol–water partition coefficient (Wildman–Crippen LogP) is 2.56. The molecule has 0 bridgehead atoms. The summed E-state index contributed by atoms with van der Waals surface area (Å²) in [5, 5.41) is 45.6. The van der Waals surface area contributed by atoms with Crippen molar-refractivity contribution in [3.8, 4) is 5.75 Å². The van der Waals surface area contributed by atoms with E-state index in [2.05, 4.69) is 10.5 Å². The fourth-order valence-corrected chi connectivity index (χ4v) is 1.81. The van der Waals surface area contributed by atoms with Gasteiger partial charge in [0.1, 0.15) is 11.4 Å². The van der Waals surface area contributed by atoms with E-state index in [-0.39, 0.29) is 22.7 Å². The van der Waals surface area contributed by atoms with Crippen LogP contribution in [0.5, 0.6) is 5.75 Å². The van der Waals surface area contributed by atoms with Crippen LogP contribution in [-0.4, -0.2) is 26.1 Å². The fraction of sp³-hybridized carbons (Fsp3) is 0. The zero-order valence-corrected chi connectivity index (χ0v) is 12.2. The maximum atomic E-state index is 11.0. The number of nitro benzene ring substituents is 3. The molecule has 0 aliphatic heterocycles. The predicted molar refractivity (Wildman–Crippen MR) is 85.7 cm³/mol. The van der Waals surface area contributed by atoms with Crippen LogP contribution in [0.3, 0.4) is 0 Å². The van der Waals surface area contributed by atoms with Crippen molar-refractivity contribution >= 4 is 29.0 Å². The number of nitrogens with zero attached hydrogens (tertiary/aromatic N) is 4. The average Bonchev–Trinajstić information content (AvgIpc) is 2.56. The molecular weight excluding hydrogens is 338 g/mol. The van der Waals surface area contributed by atoms with Crippen LogP contribution in [0.1, 0.15) is 5.56 Å². The van der Waals surface area contributed by atoms with Gasteiger partial charge in [-0.15, -0.1) is 0 Å². The number of rotatable bonds is 6. The summed E-state index contributed by atoms with van der Waals surface area (Å²) in [5.74, 6) is -0.283. The molecule has 0 aliphatic carbocycles. The van der Waals surface area contributed by atoms with Gasteiger partial charge in [-0.25, -0.2) is 0 Å². The first kappa shape index (κ1) is 17.3. The van der Waals surface area contributed by atoms with Crippen LogP contribution >= 0.6 is 0 Å². The van der Waals surface area contributed by atoms with Crippen LogP contribution in [0.25, 0.3) is 0 Å². The van der Waals surface area contributed by atoms with E-state index in [1.807, 2.05) is 0 Å². The third-order valence-electron chi connectivity index (χ3n) is 3.00. The normalized spacial score (nSPS) is 10.6. The number of aromatic hydroxyl groups is 1. The lowest BCUT2D eigenvalue weighted by Gasteiger charge is -2.02. The van der Waals surface area contributed by atoms with E-state index >= 15 is 0 Å². The lowest BCUT2D eigenvalue weighted by atomic mass is 10.2. The Morgan fingerprint density at radius 2 is 1.52 bits per heavy atom. The Balaban J connectivity index is 2.28. The molecule has 0 amide bonds. The number of anilines is 1. The molecular formula is C13H9N5O7. The molecule has 0 saturated heterocycles. The Kier molecular flexibility index (Phi) is 4.83. The van der Waals surface area contributed by atoms with Crippen molar-refractivity contribution in [2.45, 2.75) is 0 Å². The van der Waals surface area contributed by atoms with Crippen LogP contribution in [0.2, 0.25) is 0 Å². The topological polar surface area (TPSA) is 174 Å². The van der Waals surface area contributed by atoms with Gasteiger partial charge >= 0.3 is 5.69 Å². The van der Waals surface area contributed by atoms with E-state index < -0.39 is 26.1 Å². The van der Waals surface area contributed by atoms with Gasteiger partial charge in [0.05, 0.1) is 27.1 Å². The number of hydrogen-bond acceptors (Lipinski definition) is 9. The number of phenols is 1. The smallest absolute Gasteiger partial charge is 0.301 e. The van der Waals surface area contributed by atoms with Gasteiger partial charge in [-0.3, -0.25) is 35.8 Å². The van der Waals surface area contributed by atoms with E-state index in [0.717, 1.165) is 42.6 Å². The van der Waals surface area contributed by atoms with Gasteiger partial charge in [0, 0.05) is 23.8 Å². The first-order valence-electron chi connectivity index (χ1n) is 6.49. The minimum absolute atomic E-state index is 0.00580. The van der Waals surface area contributed by atoms with Crippen molar-refractivity contribution < 1.29 is 19.9 Å². The highest BCUT2D eigenvalue weighted by Crippen LogP contribution is 2.29.